The molecule has 1 aliphatic carbocycles. The number of fused-ring (bicyclic) bond motifs is 2. The van der Waals surface area contributed by atoms with Crippen molar-refractivity contribution in [1.82, 2.24) is 0 Å². The van der Waals surface area contributed by atoms with Crippen molar-refractivity contribution < 1.29 is 4.42 Å². The third kappa shape index (κ3) is 1.76. The largest absolute Gasteiger partial charge is 0.459 e. The van der Waals surface area contributed by atoms with Crippen LogP contribution in [0.3, 0.4) is 0 Å². The Morgan fingerprint density at radius 3 is 2.44 bits per heavy atom. The van der Waals surface area contributed by atoms with Gasteiger partial charge in [0.05, 0.1) is 6.54 Å². The van der Waals surface area contributed by atoms with Crippen LogP contribution in [0.1, 0.15) is 55.1 Å². The standard InChI is InChI=1S/C16H21NO/c1-10(2)16-13-7-11-5-3-4-6-12(11)8-14(13)18-15(16)9-17/h7-8,10H,3-6,9,17H2,1-2H3. The number of furan rings is 1. The summed E-state index contributed by atoms with van der Waals surface area (Å²) in [5, 5.41) is 1.28. The molecule has 2 heteroatoms. The molecule has 0 saturated heterocycles. The summed E-state index contributed by atoms with van der Waals surface area (Å²) >= 11 is 0. The summed E-state index contributed by atoms with van der Waals surface area (Å²) in [7, 11) is 0. The van der Waals surface area contributed by atoms with E-state index in [1.165, 1.54) is 47.8 Å². The van der Waals surface area contributed by atoms with Crippen LogP contribution in [0.15, 0.2) is 16.5 Å². The minimum atomic E-state index is 0.464. The maximum atomic E-state index is 5.95. The van der Waals surface area contributed by atoms with Crippen molar-refractivity contribution in [2.45, 2.75) is 52.0 Å². The molecular weight excluding hydrogens is 222 g/mol. The molecule has 0 fully saturated rings. The summed E-state index contributed by atoms with van der Waals surface area (Å²) in [6.07, 6.45) is 5.03. The quantitative estimate of drug-likeness (QED) is 0.869. The van der Waals surface area contributed by atoms with Gasteiger partial charge in [-0.25, -0.2) is 0 Å². The second-order valence-corrected chi connectivity index (χ2v) is 5.62. The van der Waals surface area contributed by atoms with Gasteiger partial charge in [0.15, 0.2) is 0 Å². The number of hydrogen-bond donors (Lipinski definition) is 1. The second-order valence-electron chi connectivity index (χ2n) is 5.62. The van der Waals surface area contributed by atoms with Gasteiger partial charge >= 0.3 is 0 Å². The molecule has 0 bridgehead atoms. The van der Waals surface area contributed by atoms with Crippen LogP contribution >= 0.6 is 0 Å². The zero-order valence-corrected chi connectivity index (χ0v) is 11.3. The highest BCUT2D eigenvalue weighted by atomic mass is 16.3. The fraction of sp³-hybridized carbons (Fsp3) is 0.500. The third-order valence-electron chi connectivity index (χ3n) is 4.03. The number of aryl methyl sites for hydroxylation is 2. The van der Waals surface area contributed by atoms with Gasteiger partial charge in [-0.05, 0) is 54.9 Å². The first-order valence-electron chi connectivity index (χ1n) is 6.98. The Labute approximate surface area is 108 Å². The van der Waals surface area contributed by atoms with Gasteiger partial charge < -0.3 is 10.2 Å². The van der Waals surface area contributed by atoms with Crippen molar-refractivity contribution in [2.75, 3.05) is 0 Å². The van der Waals surface area contributed by atoms with E-state index in [1.807, 2.05) is 0 Å². The van der Waals surface area contributed by atoms with Crippen molar-refractivity contribution in [1.29, 1.82) is 0 Å². The minimum Gasteiger partial charge on any atom is -0.459 e. The van der Waals surface area contributed by atoms with Crippen molar-refractivity contribution in [2.24, 2.45) is 5.73 Å². The van der Waals surface area contributed by atoms with Crippen molar-refractivity contribution >= 4 is 11.0 Å². The summed E-state index contributed by atoms with van der Waals surface area (Å²) in [5.41, 5.74) is 11.1. The van der Waals surface area contributed by atoms with Gasteiger partial charge in [0.25, 0.3) is 0 Å². The number of benzene rings is 1. The van der Waals surface area contributed by atoms with Crippen LogP contribution in [-0.2, 0) is 19.4 Å². The molecule has 1 aromatic carbocycles. The molecule has 2 aromatic rings. The smallest absolute Gasteiger partial charge is 0.134 e. The van der Waals surface area contributed by atoms with E-state index >= 15 is 0 Å². The maximum absolute atomic E-state index is 5.95. The zero-order chi connectivity index (χ0) is 12.7. The van der Waals surface area contributed by atoms with E-state index in [4.69, 9.17) is 10.2 Å². The molecule has 0 amide bonds. The lowest BCUT2D eigenvalue weighted by molar-refractivity contribution is 0.540. The van der Waals surface area contributed by atoms with Crippen LogP contribution in [0.5, 0.6) is 0 Å². The molecule has 0 aliphatic heterocycles. The topological polar surface area (TPSA) is 39.2 Å². The average molecular weight is 243 g/mol. The number of rotatable bonds is 2. The van der Waals surface area contributed by atoms with Gasteiger partial charge in [-0.1, -0.05) is 13.8 Å². The van der Waals surface area contributed by atoms with Crippen molar-refractivity contribution in [3.05, 3.63) is 34.6 Å². The summed E-state index contributed by atoms with van der Waals surface area (Å²) in [4.78, 5) is 0. The molecule has 1 aromatic heterocycles. The van der Waals surface area contributed by atoms with Crippen LogP contribution < -0.4 is 5.73 Å². The fourth-order valence-corrected chi connectivity index (χ4v) is 3.18. The lowest BCUT2D eigenvalue weighted by Crippen LogP contribution is -2.02. The van der Waals surface area contributed by atoms with E-state index in [0.717, 1.165) is 11.3 Å². The Morgan fingerprint density at radius 2 is 1.83 bits per heavy atom. The Bertz CT molecular complexity index is 580. The van der Waals surface area contributed by atoms with Gasteiger partial charge in [0.2, 0.25) is 0 Å². The fourth-order valence-electron chi connectivity index (χ4n) is 3.18. The third-order valence-corrected chi connectivity index (χ3v) is 4.03. The first-order chi connectivity index (χ1) is 8.70. The van der Waals surface area contributed by atoms with Crippen LogP contribution in [-0.4, -0.2) is 0 Å². The van der Waals surface area contributed by atoms with Gasteiger partial charge in [-0.15, -0.1) is 0 Å². The van der Waals surface area contributed by atoms with E-state index in [2.05, 4.69) is 26.0 Å². The van der Waals surface area contributed by atoms with E-state index in [9.17, 15) is 0 Å². The average Bonchev–Trinajstić information content (AvgIpc) is 2.73. The van der Waals surface area contributed by atoms with E-state index in [1.54, 1.807) is 0 Å². The summed E-state index contributed by atoms with van der Waals surface area (Å²) in [5.74, 6) is 1.42. The van der Waals surface area contributed by atoms with Gasteiger partial charge in [-0.2, -0.15) is 0 Å². The molecule has 2 N–H and O–H groups in total. The molecule has 0 spiro atoms. The summed E-state index contributed by atoms with van der Waals surface area (Å²) < 4.78 is 5.95. The molecule has 0 unspecified atom stereocenters. The SMILES string of the molecule is CC(C)c1c(CN)oc2cc3c(cc12)CCCC3. The Morgan fingerprint density at radius 1 is 1.17 bits per heavy atom. The Hall–Kier alpha value is -1.28. The predicted octanol–water partition coefficient (Wildman–Crippen LogP) is 3.89. The molecule has 18 heavy (non-hydrogen) atoms. The van der Waals surface area contributed by atoms with Crippen molar-refractivity contribution in [3.63, 3.8) is 0 Å². The summed E-state index contributed by atoms with van der Waals surface area (Å²) in [6.45, 7) is 4.92. The lowest BCUT2D eigenvalue weighted by atomic mass is 9.89. The predicted molar refractivity (Wildman–Crippen MR) is 74.8 cm³/mol. The lowest BCUT2D eigenvalue weighted by Gasteiger charge is -2.15. The van der Waals surface area contributed by atoms with Crippen molar-refractivity contribution in [3.8, 4) is 0 Å². The van der Waals surface area contributed by atoms with Gasteiger partial charge in [-0.3, -0.25) is 0 Å². The van der Waals surface area contributed by atoms with E-state index < -0.39 is 0 Å². The second kappa shape index (κ2) is 4.43. The number of nitrogens with two attached hydrogens (primary N) is 1. The first-order valence-corrected chi connectivity index (χ1v) is 6.98. The molecule has 1 aliphatic rings. The number of hydrogen-bond acceptors (Lipinski definition) is 2. The Kier molecular flexibility index (Phi) is 2.90. The molecule has 96 valence electrons. The zero-order valence-electron chi connectivity index (χ0n) is 11.3. The van der Waals surface area contributed by atoms with Crippen LogP contribution in [0.4, 0.5) is 0 Å². The van der Waals surface area contributed by atoms with Crippen LogP contribution in [0.2, 0.25) is 0 Å². The Balaban J connectivity index is 2.25. The highest BCUT2D eigenvalue weighted by molar-refractivity contribution is 5.84. The van der Waals surface area contributed by atoms with E-state index in [-0.39, 0.29) is 0 Å². The van der Waals surface area contributed by atoms with Crippen LogP contribution in [0.25, 0.3) is 11.0 Å². The van der Waals surface area contributed by atoms with Crippen LogP contribution in [0, 0.1) is 0 Å². The maximum Gasteiger partial charge on any atom is 0.134 e. The monoisotopic (exact) mass is 243 g/mol. The molecule has 1 heterocycles. The highest BCUT2D eigenvalue weighted by Crippen LogP contribution is 2.35. The normalized spacial score (nSPS) is 15.3. The molecular formula is C16H21NO. The van der Waals surface area contributed by atoms with Gasteiger partial charge in [0, 0.05) is 10.9 Å². The summed E-state index contributed by atoms with van der Waals surface area (Å²) in [6, 6.07) is 4.59. The van der Waals surface area contributed by atoms with E-state index in [0.29, 0.717) is 12.5 Å². The highest BCUT2D eigenvalue weighted by Gasteiger charge is 2.19. The minimum absolute atomic E-state index is 0.464. The molecule has 0 saturated carbocycles. The molecule has 2 nitrogen and oxygen atoms in total. The van der Waals surface area contributed by atoms with Gasteiger partial charge in [0.1, 0.15) is 11.3 Å². The molecule has 3 rings (SSSR count). The molecule has 0 atom stereocenters. The molecule has 0 radical (unpaired) electrons. The first kappa shape index (κ1) is 11.8.